The topological polar surface area (TPSA) is 63.6 Å². The third-order valence-corrected chi connectivity index (χ3v) is 4.43. The Morgan fingerprint density at radius 3 is 2.64 bits per heavy atom. The first-order chi connectivity index (χ1) is 10.4. The van der Waals surface area contributed by atoms with Gasteiger partial charge in [0.25, 0.3) is 5.56 Å². The fourth-order valence-electron chi connectivity index (χ4n) is 2.37. The summed E-state index contributed by atoms with van der Waals surface area (Å²) in [6, 6.07) is 3.45. The fourth-order valence-corrected chi connectivity index (χ4v) is 3.59. The van der Waals surface area contributed by atoms with E-state index in [1.54, 1.807) is 23.7 Å². The van der Waals surface area contributed by atoms with Crippen molar-refractivity contribution in [2.24, 2.45) is 0 Å². The summed E-state index contributed by atoms with van der Waals surface area (Å²) in [5.74, 6) is 0.522. The maximum absolute atomic E-state index is 12.2. The molecule has 0 aliphatic heterocycles. The van der Waals surface area contributed by atoms with Crippen LogP contribution in [0.15, 0.2) is 22.0 Å². The quantitative estimate of drug-likeness (QED) is 0.711. The first-order valence-corrected chi connectivity index (χ1v) is 8.40. The summed E-state index contributed by atoms with van der Waals surface area (Å²) in [7, 11) is 0. The van der Waals surface area contributed by atoms with E-state index in [1.807, 2.05) is 13.2 Å². The van der Waals surface area contributed by atoms with Crippen LogP contribution in [0, 0.1) is 13.8 Å². The number of thioether (sulfide) groups is 1. The fraction of sp³-hybridized carbons (Fsp3) is 0.214. The summed E-state index contributed by atoms with van der Waals surface area (Å²) < 4.78 is 1.61. The monoisotopic (exact) mass is 354 g/mol. The predicted molar refractivity (Wildman–Crippen MR) is 90.8 cm³/mol. The molecule has 3 aromatic rings. The van der Waals surface area contributed by atoms with Crippen LogP contribution in [0.5, 0.6) is 0 Å². The number of halogens is 2. The Bertz CT molecular complexity index is 925. The summed E-state index contributed by atoms with van der Waals surface area (Å²) in [4.78, 5) is 19.4. The lowest BCUT2D eigenvalue weighted by Crippen LogP contribution is -2.10. The molecule has 0 aliphatic rings. The van der Waals surface area contributed by atoms with Gasteiger partial charge in [-0.15, -0.1) is 11.8 Å². The number of nitrogens with zero attached hydrogens (tertiary/aromatic N) is 3. The minimum atomic E-state index is -0.208. The van der Waals surface area contributed by atoms with Gasteiger partial charge < -0.3 is 4.98 Å². The summed E-state index contributed by atoms with van der Waals surface area (Å²) >= 11 is 13.7. The van der Waals surface area contributed by atoms with Gasteiger partial charge in [0.05, 0.1) is 10.7 Å². The molecule has 0 aliphatic carbocycles. The van der Waals surface area contributed by atoms with Crippen molar-refractivity contribution < 1.29 is 0 Å². The number of rotatable bonds is 2. The Balaban J connectivity index is 2.45. The van der Waals surface area contributed by atoms with Gasteiger partial charge >= 0.3 is 0 Å². The first-order valence-electron chi connectivity index (χ1n) is 6.42. The van der Waals surface area contributed by atoms with Crippen LogP contribution in [-0.2, 0) is 0 Å². The van der Waals surface area contributed by atoms with Crippen LogP contribution in [0.2, 0.25) is 10.0 Å². The van der Waals surface area contributed by atoms with E-state index < -0.39 is 0 Å². The molecule has 0 unspecified atom stereocenters. The van der Waals surface area contributed by atoms with Crippen molar-refractivity contribution in [2.75, 3.05) is 6.26 Å². The molecule has 3 rings (SSSR count). The van der Waals surface area contributed by atoms with Gasteiger partial charge in [-0.1, -0.05) is 23.2 Å². The third-order valence-electron chi connectivity index (χ3n) is 3.25. The van der Waals surface area contributed by atoms with Gasteiger partial charge in [-0.3, -0.25) is 4.79 Å². The number of benzene rings is 1. The van der Waals surface area contributed by atoms with Gasteiger partial charge in [0.15, 0.2) is 5.65 Å². The molecule has 0 spiro atoms. The van der Waals surface area contributed by atoms with E-state index in [4.69, 9.17) is 23.2 Å². The van der Waals surface area contributed by atoms with E-state index in [-0.39, 0.29) is 5.56 Å². The van der Waals surface area contributed by atoms with Crippen molar-refractivity contribution in [3.8, 4) is 5.69 Å². The van der Waals surface area contributed by atoms with E-state index in [0.717, 1.165) is 5.56 Å². The summed E-state index contributed by atoms with van der Waals surface area (Å²) in [5, 5.41) is 6.58. The number of aromatic amines is 1. The maximum Gasteiger partial charge on any atom is 0.263 e. The highest BCUT2D eigenvalue weighted by Gasteiger charge is 2.19. The smallest absolute Gasteiger partial charge is 0.263 e. The maximum atomic E-state index is 12.2. The van der Waals surface area contributed by atoms with Crippen LogP contribution < -0.4 is 5.56 Å². The van der Waals surface area contributed by atoms with Crippen molar-refractivity contribution in [3.05, 3.63) is 43.9 Å². The molecule has 1 aromatic carbocycles. The van der Waals surface area contributed by atoms with Gasteiger partial charge in [-0.05, 0) is 37.8 Å². The zero-order valence-corrected chi connectivity index (χ0v) is 14.4. The highest BCUT2D eigenvalue weighted by molar-refractivity contribution is 7.98. The molecule has 2 aromatic heterocycles. The average molecular weight is 355 g/mol. The molecule has 114 valence electrons. The van der Waals surface area contributed by atoms with E-state index in [1.165, 1.54) is 11.8 Å². The molecule has 0 fully saturated rings. The SMILES string of the molecule is CSc1nn(-c2c(C)cc(Cl)cc2Cl)c2nc(C)[nH]c(=O)c12. The molecule has 1 N–H and O–H groups in total. The minimum Gasteiger partial charge on any atom is -0.310 e. The summed E-state index contributed by atoms with van der Waals surface area (Å²) in [6.45, 7) is 3.62. The summed E-state index contributed by atoms with van der Waals surface area (Å²) in [5.41, 5.74) is 1.81. The Labute approximate surface area is 140 Å². The molecule has 5 nitrogen and oxygen atoms in total. The lowest BCUT2D eigenvalue weighted by molar-refractivity contribution is 0.843. The molecular weight excluding hydrogens is 343 g/mol. The average Bonchev–Trinajstić information content (AvgIpc) is 2.76. The van der Waals surface area contributed by atoms with Crippen molar-refractivity contribution in [1.82, 2.24) is 19.7 Å². The van der Waals surface area contributed by atoms with Crippen molar-refractivity contribution in [3.63, 3.8) is 0 Å². The van der Waals surface area contributed by atoms with E-state index in [9.17, 15) is 4.79 Å². The second-order valence-electron chi connectivity index (χ2n) is 4.82. The van der Waals surface area contributed by atoms with Gasteiger partial charge in [0.1, 0.15) is 16.2 Å². The Kier molecular flexibility index (Phi) is 3.92. The second-order valence-corrected chi connectivity index (χ2v) is 6.46. The van der Waals surface area contributed by atoms with Crippen molar-refractivity contribution >= 4 is 46.0 Å². The van der Waals surface area contributed by atoms with Crippen molar-refractivity contribution in [1.29, 1.82) is 0 Å². The number of aryl methyl sites for hydroxylation is 2. The predicted octanol–water partition coefficient (Wildman–Crippen LogP) is 3.75. The lowest BCUT2D eigenvalue weighted by atomic mass is 10.2. The van der Waals surface area contributed by atoms with E-state index >= 15 is 0 Å². The highest BCUT2D eigenvalue weighted by atomic mass is 35.5. The van der Waals surface area contributed by atoms with Crippen LogP contribution >= 0.6 is 35.0 Å². The van der Waals surface area contributed by atoms with Crippen LogP contribution in [0.25, 0.3) is 16.7 Å². The van der Waals surface area contributed by atoms with Crippen LogP contribution in [0.4, 0.5) is 0 Å². The molecule has 0 radical (unpaired) electrons. The molecule has 0 bridgehead atoms. The second kappa shape index (κ2) is 5.61. The summed E-state index contributed by atoms with van der Waals surface area (Å²) in [6.07, 6.45) is 1.86. The molecule has 0 atom stereocenters. The number of hydrogen-bond acceptors (Lipinski definition) is 4. The number of H-pyrrole nitrogens is 1. The number of fused-ring (bicyclic) bond motifs is 1. The molecule has 0 saturated heterocycles. The molecule has 0 saturated carbocycles. The zero-order valence-electron chi connectivity index (χ0n) is 12.1. The zero-order chi connectivity index (χ0) is 16.0. The highest BCUT2D eigenvalue weighted by Crippen LogP contribution is 2.31. The van der Waals surface area contributed by atoms with Crippen molar-refractivity contribution in [2.45, 2.75) is 18.9 Å². The Hall–Kier alpha value is -1.50. The standard InChI is InChI=1S/C14H12Cl2N4OS/c1-6-4-8(15)5-9(16)11(6)20-12-10(14(19-20)22-3)13(21)18-7(2)17-12/h4-5H,1-3H3,(H,17,18,21). The van der Waals surface area contributed by atoms with E-state index in [0.29, 0.717) is 37.6 Å². The molecule has 22 heavy (non-hydrogen) atoms. The number of nitrogens with one attached hydrogen (secondary N) is 1. The lowest BCUT2D eigenvalue weighted by Gasteiger charge is -2.10. The van der Waals surface area contributed by atoms with Crippen LogP contribution in [-0.4, -0.2) is 26.0 Å². The minimum absolute atomic E-state index is 0.208. The van der Waals surface area contributed by atoms with Gasteiger partial charge in [0.2, 0.25) is 0 Å². The third kappa shape index (κ3) is 2.41. The van der Waals surface area contributed by atoms with Crippen LogP contribution in [0.1, 0.15) is 11.4 Å². The molecular formula is C14H12Cl2N4OS. The van der Waals surface area contributed by atoms with Gasteiger partial charge in [0, 0.05) is 5.02 Å². The molecule has 2 heterocycles. The van der Waals surface area contributed by atoms with Crippen LogP contribution in [0.3, 0.4) is 0 Å². The number of hydrogen-bond donors (Lipinski definition) is 1. The largest absolute Gasteiger partial charge is 0.310 e. The van der Waals surface area contributed by atoms with Gasteiger partial charge in [-0.25, -0.2) is 9.67 Å². The Morgan fingerprint density at radius 2 is 2.00 bits per heavy atom. The Morgan fingerprint density at radius 1 is 1.27 bits per heavy atom. The molecule has 8 heteroatoms. The normalized spacial score (nSPS) is 11.3. The first kappa shape index (κ1) is 15.4. The van der Waals surface area contributed by atoms with E-state index in [2.05, 4.69) is 15.1 Å². The van der Waals surface area contributed by atoms with Gasteiger partial charge in [-0.2, -0.15) is 5.10 Å². The molecule has 0 amide bonds. The number of aromatic nitrogens is 4.